The third-order valence-corrected chi connectivity index (χ3v) is 5.98. The van der Waals surface area contributed by atoms with E-state index in [0.717, 1.165) is 38.4 Å². The maximum Gasteiger partial charge on any atom is 0.275 e. The molecule has 1 saturated carbocycles. The predicted molar refractivity (Wildman–Crippen MR) is 99.6 cm³/mol. The topological polar surface area (TPSA) is 101 Å². The molecule has 0 aromatic carbocycles. The van der Waals surface area contributed by atoms with Crippen molar-refractivity contribution in [1.29, 1.82) is 0 Å². The Morgan fingerprint density at radius 3 is 2.57 bits per heavy atom. The van der Waals surface area contributed by atoms with Crippen LogP contribution in [0.15, 0.2) is 4.63 Å². The molecule has 2 saturated heterocycles. The van der Waals surface area contributed by atoms with Gasteiger partial charge in [0.25, 0.3) is 5.91 Å². The summed E-state index contributed by atoms with van der Waals surface area (Å²) in [6, 6.07) is 0. The minimum absolute atomic E-state index is 0.0412. The zero-order valence-corrected chi connectivity index (χ0v) is 16.4. The Balaban J connectivity index is 1.21. The fourth-order valence-electron chi connectivity index (χ4n) is 4.04. The van der Waals surface area contributed by atoms with Gasteiger partial charge in [0.05, 0.1) is 6.10 Å². The molecular formula is C19H29N5O4. The van der Waals surface area contributed by atoms with Gasteiger partial charge in [-0.15, -0.1) is 0 Å². The van der Waals surface area contributed by atoms with E-state index >= 15 is 0 Å². The zero-order chi connectivity index (χ0) is 19.5. The van der Waals surface area contributed by atoms with E-state index in [0.29, 0.717) is 24.7 Å². The van der Waals surface area contributed by atoms with Crippen molar-refractivity contribution >= 4 is 11.8 Å². The SMILES string of the molecule is Cc1nonc1C(=O)NC[C@@H]1CN(CC2CCN(CC3CC3)CC2)C(=O)CO1. The number of likely N-dealkylation sites (tertiary alicyclic amines) is 1. The second kappa shape index (κ2) is 8.57. The largest absolute Gasteiger partial charge is 0.365 e. The van der Waals surface area contributed by atoms with Crippen molar-refractivity contribution in [3.63, 3.8) is 0 Å². The molecule has 1 aromatic rings. The average Bonchev–Trinajstić information content (AvgIpc) is 3.41. The normalized spacial score (nSPS) is 24.5. The third kappa shape index (κ3) is 4.88. The number of aromatic nitrogens is 2. The predicted octanol–water partition coefficient (Wildman–Crippen LogP) is 0.457. The van der Waals surface area contributed by atoms with E-state index in [1.165, 1.54) is 19.4 Å². The Bertz CT molecular complexity index is 696. The summed E-state index contributed by atoms with van der Waals surface area (Å²) >= 11 is 0. The molecule has 1 aromatic heterocycles. The average molecular weight is 391 g/mol. The number of carbonyl (C=O) groups excluding carboxylic acids is 2. The van der Waals surface area contributed by atoms with E-state index in [4.69, 9.17) is 4.74 Å². The van der Waals surface area contributed by atoms with Crippen molar-refractivity contribution in [2.45, 2.75) is 38.7 Å². The van der Waals surface area contributed by atoms with Crippen LogP contribution in [0.3, 0.4) is 0 Å². The molecule has 3 fully saturated rings. The molecule has 0 radical (unpaired) electrons. The summed E-state index contributed by atoms with van der Waals surface area (Å²) in [5.74, 6) is 1.19. The van der Waals surface area contributed by atoms with Crippen molar-refractivity contribution < 1.29 is 19.0 Å². The maximum absolute atomic E-state index is 12.3. The molecule has 2 amide bonds. The lowest BCUT2D eigenvalue weighted by Gasteiger charge is -2.38. The first-order valence-electron chi connectivity index (χ1n) is 10.3. The lowest BCUT2D eigenvalue weighted by Crippen LogP contribution is -2.52. The number of rotatable bonds is 7. The van der Waals surface area contributed by atoms with E-state index in [-0.39, 0.29) is 30.2 Å². The van der Waals surface area contributed by atoms with Crippen LogP contribution in [0.1, 0.15) is 41.9 Å². The molecular weight excluding hydrogens is 362 g/mol. The fraction of sp³-hybridized carbons (Fsp3) is 0.789. The number of hydrogen-bond acceptors (Lipinski definition) is 7. The van der Waals surface area contributed by atoms with Crippen LogP contribution in [-0.2, 0) is 9.53 Å². The lowest BCUT2D eigenvalue weighted by atomic mass is 9.95. The van der Waals surface area contributed by atoms with Gasteiger partial charge in [0.1, 0.15) is 12.3 Å². The number of nitrogens with zero attached hydrogens (tertiary/aromatic N) is 4. The van der Waals surface area contributed by atoms with E-state index in [2.05, 4.69) is 25.2 Å². The molecule has 0 spiro atoms. The highest BCUT2D eigenvalue weighted by Crippen LogP contribution is 2.31. The number of aryl methyl sites for hydroxylation is 1. The number of morpholine rings is 1. The van der Waals surface area contributed by atoms with Gasteiger partial charge >= 0.3 is 0 Å². The van der Waals surface area contributed by atoms with Crippen molar-refractivity contribution in [2.75, 3.05) is 45.9 Å². The van der Waals surface area contributed by atoms with Gasteiger partial charge in [-0.05, 0) is 62.7 Å². The first-order valence-corrected chi connectivity index (χ1v) is 10.3. The Morgan fingerprint density at radius 2 is 1.89 bits per heavy atom. The number of hydrogen-bond donors (Lipinski definition) is 1. The molecule has 3 aliphatic rings. The summed E-state index contributed by atoms with van der Waals surface area (Å²) in [4.78, 5) is 28.9. The Hall–Kier alpha value is -2.00. The van der Waals surface area contributed by atoms with Gasteiger partial charge in [-0.2, -0.15) is 0 Å². The molecule has 2 aliphatic heterocycles. The Kier molecular flexibility index (Phi) is 5.91. The van der Waals surface area contributed by atoms with E-state index < -0.39 is 0 Å². The molecule has 3 heterocycles. The molecule has 1 N–H and O–H groups in total. The molecule has 0 bridgehead atoms. The number of carbonyl (C=O) groups is 2. The Morgan fingerprint density at radius 1 is 1.14 bits per heavy atom. The molecule has 1 atom stereocenters. The first kappa shape index (κ1) is 19.3. The highest BCUT2D eigenvalue weighted by molar-refractivity contribution is 5.93. The second-order valence-electron chi connectivity index (χ2n) is 8.33. The van der Waals surface area contributed by atoms with Crippen LogP contribution < -0.4 is 5.32 Å². The van der Waals surface area contributed by atoms with E-state index in [1.807, 2.05) is 4.90 Å². The van der Waals surface area contributed by atoms with Gasteiger partial charge in [0.15, 0.2) is 5.69 Å². The molecule has 9 nitrogen and oxygen atoms in total. The highest BCUT2D eigenvalue weighted by Gasteiger charge is 2.31. The third-order valence-electron chi connectivity index (χ3n) is 5.98. The standard InChI is InChI=1S/C19H29N5O4/c1-13-18(22-28-21-13)19(26)20-8-16-11-24(17(25)12-27-16)10-15-4-6-23(7-5-15)9-14-2-3-14/h14-16H,2-12H2,1H3,(H,20,26)/t16-/m1/s1. The van der Waals surface area contributed by atoms with Gasteiger partial charge in [-0.25, -0.2) is 4.63 Å². The summed E-state index contributed by atoms with van der Waals surface area (Å²) < 4.78 is 10.2. The van der Waals surface area contributed by atoms with Gasteiger partial charge in [0.2, 0.25) is 5.91 Å². The monoisotopic (exact) mass is 391 g/mol. The van der Waals surface area contributed by atoms with Gasteiger partial charge in [0, 0.05) is 26.2 Å². The fourth-order valence-corrected chi connectivity index (χ4v) is 4.04. The summed E-state index contributed by atoms with van der Waals surface area (Å²) in [5, 5.41) is 10.0. The van der Waals surface area contributed by atoms with Crippen molar-refractivity contribution in [3.8, 4) is 0 Å². The number of nitrogens with one attached hydrogen (secondary N) is 1. The van der Waals surface area contributed by atoms with Crippen LogP contribution in [0.2, 0.25) is 0 Å². The van der Waals surface area contributed by atoms with E-state index in [1.54, 1.807) is 6.92 Å². The van der Waals surface area contributed by atoms with Gasteiger partial charge < -0.3 is 19.9 Å². The highest BCUT2D eigenvalue weighted by atomic mass is 16.6. The molecule has 0 unspecified atom stereocenters. The number of ether oxygens (including phenoxy) is 1. The first-order chi connectivity index (χ1) is 13.6. The quantitative estimate of drug-likeness (QED) is 0.720. The lowest BCUT2D eigenvalue weighted by molar-refractivity contribution is -0.149. The summed E-state index contributed by atoms with van der Waals surface area (Å²) in [5.41, 5.74) is 0.633. The minimum Gasteiger partial charge on any atom is -0.365 e. The van der Waals surface area contributed by atoms with Crippen LogP contribution >= 0.6 is 0 Å². The number of amides is 2. The summed E-state index contributed by atoms with van der Waals surface area (Å²) in [7, 11) is 0. The Labute approximate surface area is 164 Å². The molecule has 9 heteroatoms. The van der Waals surface area contributed by atoms with Crippen LogP contribution in [0.5, 0.6) is 0 Å². The zero-order valence-electron chi connectivity index (χ0n) is 16.4. The van der Waals surface area contributed by atoms with Gasteiger partial charge in [-0.1, -0.05) is 5.16 Å². The van der Waals surface area contributed by atoms with Crippen LogP contribution in [0.4, 0.5) is 0 Å². The molecule has 28 heavy (non-hydrogen) atoms. The van der Waals surface area contributed by atoms with Crippen LogP contribution in [-0.4, -0.2) is 83.9 Å². The van der Waals surface area contributed by atoms with Crippen molar-refractivity contribution in [2.24, 2.45) is 11.8 Å². The summed E-state index contributed by atoms with van der Waals surface area (Å²) in [6.07, 6.45) is 4.88. The smallest absolute Gasteiger partial charge is 0.275 e. The van der Waals surface area contributed by atoms with Crippen molar-refractivity contribution in [1.82, 2.24) is 25.4 Å². The molecule has 1 aliphatic carbocycles. The van der Waals surface area contributed by atoms with E-state index in [9.17, 15) is 9.59 Å². The second-order valence-corrected chi connectivity index (χ2v) is 8.33. The van der Waals surface area contributed by atoms with Gasteiger partial charge in [-0.3, -0.25) is 9.59 Å². The molecule has 4 rings (SSSR count). The number of piperidine rings is 1. The van der Waals surface area contributed by atoms with Crippen LogP contribution in [0, 0.1) is 18.8 Å². The minimum atomic E-state index is -0.339. The van der Waals surface area contributed by atoms with Crippen LogP contribution in [0.25, 0.3) is 0 Å². The molecule has 154 valence electrons. The summed E-state index contributed by atoms with van der Waals surface area (Å²) in [6.45, 7) is 6.91. The van der Waals surface area contributed by atoms with Crippen molar-refractivity contribution in [3.05, 3.63) is 11.4 Å². The maximum atomic E-state index is 12.3.